The maximum Gasteiger partial charge on any atom is 0.249 e. The summed E-state index contributed by atoms with van der Waals surface area (Å²) in [5, 5.41) is 10.7. The Bertz CT molecular complexity index is 999. The molecule has 1 aromatic heterocycles. The van der Waals surface area contributed by atoms with Crippen LogP contribution in [0.2, 0.25) is 0 Å². The number of anilines is 2. The molecule has 2 aromatic rings. The number of nitrogens with zero attached hydrogens (tertiary/aromatic N) is 5. The molecular formula is C21H23FN6O2. The number of nitriles is 1. The van der Waals surface area contributed by atoms with Crippen molar-refractivity contribution in [1.29, 1.82) is 5.26 Å². The molecule has 1 aromatic carbocycles. The maximum absolute atomic E-state index is 14.3. The van der Waals surface area contributed by atoms with Gasteiger partial charge in [0.25, 0.3) is 0 Å². The van der Waals surface area contributed by atoms with E-state index in [1.54, 1.807) is 19.1 Å². The van der Waals surface area contributed by atoms with Crippen molar-refractivity contribution in [2.75, 3.05) is 30.3 Å². The summed E-state index contributed by atoms with van der Waals surface area (Å²) >= 11 is 0. The molecule has 2 saturated heterocycles. The van der Waals surface area contributed by atoms with Crippen LogP contribution in [0.4, 0.5) is 16.0 Å². The van der Waals surface area contributed by atoms with Crippen molar-refractivity contribution in [3.8, 4) is 6.07 Å². The highest BCUT2D eigenvalue weighted by Crippen LogP contribution is 2.35. The highest BCUT2D eigenvalue weighted by molar-refractivity contribution is 5.79. The highest BCUT2D eigenvalue weighted by Gasteiger charge is 2.37. The lowest BCUT2D eigenvalue weighted by molar-refractivity contribution is -0.182. The van der Waals surface area contributed by atoms with Gasteiger partial charge in [-0.3, -0.25) is 9.63 Å². The molecule has 2 N–H and O–H groups in total. The third-order valence-corrected chi connectivity index (χ3v) is 5.84. The van der Waals surface area contributed by atoms with Gasteiger partial charge in [-0.25, -0.2) is 19.4 Å². The third-order valence-electron chi connectivity index (χ3n) is 5.84. The van der Waals surface area contributed by atoms with E-state index in [4.69, 9.17) is 10.6 Å². The van der Waals surface area contributed by atoms with E-state index in [1.807, 2.05) is 6.07 Å². The standard InChI is InChI=1S/C21H23FN6O2/c1-13-16(11-23)8-15(9-17(13)22)18-4-7-30-28(18)21(29)14-2-5-27(6-3-14)20-10-19(24)25-12-26-20/h8-10,12,14,18H,2-7H2,1H3,(H2,24,25,26)/t18-/m0/s1. The summed E-state index contributed by atoms with van der Waals surface area (Å²) in [6, 6.07) is 6.41. The number of piperidine rings is 1. The normalized spacial score (nSPS) is 19.7. The third kappa shape index (κ3) is 3.78. The number of amides is 1. The van der Waals surface area contributed by atoms with Crippen LogP contribution in [-0.2, 0) is 9.63 Å². The number of hydroxylamine groups is 2. The molecule has 9 heteroatoms. The molecule has 4 rings (SSSR count). The lowest BCUT2D eigenvalue weighted by atomic mass is 9.94. The van der Waals surface area contributed by atoms with Gasteiger partial charge in [-0.15, -0.1) is 0 Å². The quantitative estimate of drug-likeness (QED) is 0.828. The molecule has 3 heterocycles. The second kappa shape index (κ2) is 8.24. The van der Waals surface area contributed by atoms with Crippen molar-refractivity contribution in [1.82, 2.24) is 15.0 Å². The monoisotopic (exact) mass is 410 g/mol. The summed E-state index contributed by atoms with van der Waals surface area (Å²) in [5.41, 5.74) is 6.92. The Morgan fingerprint density at radius 2 is 2.03 bits per heavy atom. The van der Waals surface area contributed by atoms with Gasteiger partial charge in [0.05, 0.1) is 24.3 Å². The molecule has 30 heavy (non-hydrogen) atoms. The summed E-state index contributed by atoms with van der Waals surface area (Å²) in [7, 11) is 0. The number of benzene rings is 1. The van der Waals surface area contributed by atoms with Crippen LogP contribution in [0.1, 0.15) is 42.0 Å². The van der Waals surface area contributed by atoms with Crippen LogP contribution < -0.4 is 10.6 Å². The molecule has 1 atom stereocenters. The van der Waals surface area contributed by atoms with Crippen LogP contribution in [0, 0.1) is 30.0 Å². The van der Waals surface area contributed by atoms with E-state index in [0.29, 0.717) is 55.9 Å². The van der Waals surface area contributed by atoms with Gasteiger partial charge in [0.1, 0.15) is 23.8 Å². The van der Waals surface area contributed by atoms with Gasteiger partial charge in [0, 0.05) is 37.1 Å². The minimum atomic E-state index is -0.444. The zero-order valence-corrected chi connectivity index (χ0v) is 16.7. The number of hydrogen-bond acceptors (Lipinski definition) is 7. The molecular weight excluding hydrogens is 387 g/mol. The number of rotatable bonds is 3. The van der Waals surface area contributed by atoms with E-state index in [-0.39, 0.29) is 23.4 Å². The van der Waals surface area contributed by atoms with Gasteiger partial charge >= 0.3 is 0 Å². The molecule has 0 radical (unpaired) electrons. The van der Waals surface area contributed by atoms with E-state index in [2.05, 4.69) is 14.9 Å². The number of nitrogen functional groups attached to an aromatic ring is 1. The van der Waals surface area contributed by atoms with Crippen molar-refractivity contribution in [2.24, 2.45) is 5.92 Å². The van der Waals surface area contributed by atoms with E-state index in [9.17, 15) is 14.4 Å². The van der Waals surface area contributed by atoms with E-state index in [1.165, 1.54) is 17.5 Å². The number of carbonyl (C=O) groups excluding carboxylic acids is 1. The van der Waals surface area contributed by atoms with Gasteiger partial charge in [0.15, 0.2) is 0 Å². The Hall–Kier alpha value is -3.25. The van der Waals surface area contributed by atoms with E-state index >= 15 is 0 Å². The molecule has 1 amide bonds. The van der Waals surface area contributed by atoms with Crippen molar-refractivity contribution in [3.63, 3.8) is 0 Å². The van der Waals surface area contributed by atoms with Crippen LogP contribution in [0.15, 0.2) is 24.5 Å². The van der Waals surface area contributed by atoms with Crippen LogP contribution >= 0.6 is 0 Å². The smallest absolute Gasteiger partial charge is 0.249 e. The topological polar surface area (TPSA) is 108 Å². The van der Waals surface area contributed by atoms with E-state index in [0.717, 1.165) is 5.82 Å². The van der Waals surface area contributed by atoms with Gasteiger partial charge in [-0.1, -0.05) is 0 Å². The molecule has 0 unspecified atom stereocenters. The first kappa shape index (κ1) is 20.0. The van der Waals surface area contributed by atoms with Crippen LogP contribution in [-0.4, -0.2) is 40.6 Å². The predicted molar refractivity (Wildman–Crippen MR) is 107 cm³/mol. The zero-order valence-electron chi connectivity index (χ0n) is 16.7. The first-order valence-electron chi connectivity index (χ1n) is 9.96. The van der Waals surface area contributed by atoms with Gasteiger partial charge in [-0.2, -0.15) is 5.26 Å². The Kier molecular flexibility index (Phi) is 5.50. The lowest BCUT2D eigenvalue weighted by Gasteiger charge is -2.34. The average molecular weight is 410 g/mol. The maximum atomic E-state index is 14.3. The minimum Gasteiger partial charge on any atom is -0.384 e. The molecule has 8 nitrogen and oxygen atoms in total. The Morgan fingerprint density at radius 1 is 1.27 bits per heavy atom. The van der Waals surface area contributed by atoms with Crippen LogP contribution in [0.3, 0.4) is 0 Å². The SMILES string of the molecule is Cc1c(F)cc([C@@H]2CCON2C(=O)C2CCN(c3cc(N)ncn3)CC2)cc1C#N. The summed E-state index contributed by atoms with van der Waals surface area (Å²) in [5.74, 6) is 0.433. The molecule has 2 aliphatic rings. The Morgan fingerprint density at radius 3 is 2.73 bits per heavy atom. The number of aromatic nitrogens is 2. The van der Waals surface area contributed by atoms with Crippen LogP contribution in [0.5, 0.6) is 0 Å². The Balaban J connectivity index is 1.46. The molecule has 0 spiro atoms. The number of carbonyl (C=O) groups is 1. The van der Waals surface area contributed by atoms with Crippen molar-refractivity contribution < 1.29 is 14.0 Å². The fourth-order valence-corrected chi connectivity index (χ4v) is 4.07. The van der Waals surface area contributed by atoms with Gasteiger partial charge in [-0.05, 0) is 37.5 Å². The first-order valence-corrected chi connectivity index (χ1v) is 9.96. The fraction of sp³-hybridized carbons (Fsp3) is 0.429. The number of nitrogens with two attached hydrogens (primary N) is 1. The van der Waals surface area contributed by atoms with Crippen LogP contribution in [0.25, 0.3) is 0 Å². The van der Waals surface area contributed by atoms with Crippen molar-refractivity contribution >= 4 is 17.5 Å². The Labute approximate surface area is 174 Å². The second-order valence-corrected chi connectivity index (χ2v) is 7.65. The molecule has 156 valence electrons. The summed E-state index contributed by atoms with van der Waals surface area (Å²) < 4.78 is 14.3. The highest BCUT2D eigenvalue weighted by atomic mass is 19.1. The van der Waals surface area contributed by atoms with Gasteiger partial charge in [0.2, 0.25) is 5.91 Å². The predicted octanol–water partition coefficient (Wildman–Crippen LogP) is 2.50. The van der Waals surface area contributed by atoms with Crippen molar-refractivity contribution in [3.05, 3.63) is 47.0 Å². The molecule has 2 aliphatic heterocycles. The van der Waals surface area contributed by atoms with Gasteiger partial charge < -0.3 is 10.6 Å². The minimum absolute atomic E-state index is 0.0983. The second-order valence-electron chi connectivity index (χ2n) is 7.65. The van der Waals surface area contributed by atoms with Crippen molar-refractivity contribution in [2.45, 2.75) is 32.2 Å². The summed E-state index contributed by atoms with van der Waals surface area (Å²) in [6.45, 7) is 3.30. The molecule has 0 saturated carbocycles. The number of halogens is 1. The lowest BCUT2D eigenvalue weighted by Crippen LogP contribution is -2.42. The van der Waals surface area contributed by atoms with E-state index < -0.39 is 5.82 Å². The molecule has 2 fully saturated rings. The summed E-state index contributed by atoms with van der Waals surface area (Å²) in [4.78, 5) is 29.0. The summed E-state index contributed by atoms with van der Waals surface area (Å²) in [6.07, 6.45) is 3.31. The average Bonchev–Trinajstić information content (AvgIpc) is 3.25. The first-order chi connectivity index (χ1) is 14.5. The number of hydrogen-bond donors (Lipinski definition) is 1. The molecule has 0 aliphatic carbocycles. The zero-order chi connectivity index (χ0) is 21.3. The largest absolute Gasteiger partial charge is 0.384 e. The fourth-order valence-electron chi connectivity index (χ4n) is 4.07. The molecule has 0 bridgehead atoms.